The molecule has 0 aliphatic rings. The van der Waals surface area contributed by atoms with Crippen LogP contribution in [0.15, 0.2) is 10.3 Å². The Bertz CT molecular complexity index is 411. The zero-order valence-corrected chi connectivity index (χ0v) is 11.5. The lowest BCUT2D eigenvalue weighted by Crippen LogP contribution is -2.04. The highest BCUT2D eigenvalue weighted by Gasteiger charge is 2.17. The highest BCUT2D eigenvalue weighted by molar-refractivity contribution is 7.93. The van der Waals surface area contributed by atoms with Crippen LogP contribution in [-0.4, -0.2) is 20.7 Å². The first-order valence-corrected chi connectivity index (χ1v) is 8.06. The maximum atomic E-state index is 11.8. The molecule has 2 N–H and O–H groups in total. The molecule has 5 heteroatoms. The largest absolute Gasteiger partial charge is 0.330 e. The van der Waals surface area contributed by atoms with Gasteiger partial charge < -0.3 is 5.73 Å². The van der Waals surface area contributed by atoms with Gasteiger partial charge in [-0.15, -0.1) is 11.3 Å². The summed E-state index contributed by atoms with van der Waals surface area (Å²) in [5.74, 6) is 0.168. The first-order valence-electron chi connectivity index (χ1n) is 5.59. The van der Waals surface area contributed by atoms with Crippen molar-refractivity contribution in [1.29, 1.82) is 0 Å². The summed E-state index contributed by atoms with van der Waals surface area (Å²) in [5, 5.41) is 0. The first-order chi connectivity index (χ1) is 7.55. The molecule has 0 bridgehead atoms. The van der Waals surface area contributed by atoms with Crippen LogP contribution in [0.5, 0.6) is 0 Å². The van der Waals surface area contributed by atoms with Crippen LogP contribution in [-0.2, 0) is 22.7 Å². The minimum atomic E-state index is -3.06. The van der Waals surface area contributed by atoms with Crippen LogP contribution in [0.4, 0.5) is 0 Å². The monoisotopic (exact) mass is 261 g/mol. The predicted octanol–water partition coefficient (Wildman–Crippen LogP) is 2.00. The number of sulfone groups is 1. The van der Waals surface area contributed by atoms with E-state index < -0.39 is 9.84 Å². The molecule has 0 spiro atoms. The molecule has 0 aromatic carbocycles. The van der Waals surface area contributed by atoms with Gasteiger partial charge in [0, 0.05) is 4.88 Å². The number of thiophene rings is 1. The van der Waals surface area contributed by atoms with Gasteiger partial charge >= 0.3 is 0 Å². The van der Waals surface area contributed by atoms with E-state index in [1.54, 1.807) is 13.0 Å². The molecule has 0 amide bonds. The van der Waals surface area contributed by atoms with E-state index in [9.17, 15) is 8.42 Å². The van der Waals surface area contributed by atoms with Crippen molar-refractivity contribution in [2.75, 3.05) is 12.3 Å². The van der Waals surface area contributed by atoms with Crippen molar-refractivity contribution >= 4 is 21.2 Å². The third kappa shape index (κ3) is 3.06. The molecule has 1 heterocycles. The Labute approximate surface area is 102 Å². The van der Waals surface area contributed by atoms with Crippen molar-refractivity contribution in [2.24, 2.45) is 5.73 Å². The summed E-state index contributed by atoms with van der Waals surface area (Å²) >= 11 is 1.41. The molecule has 0 saturated carbocycles. The lowest BCUT2D eigenvalue weighted by molar-refractivity contribution is 0.599. The summed E-state index contributed by atoms with van der Waals surface area (Å²) in [7, 11) is -3.06. The van der Waals surface area contributed by atoms with E-state index in [0.717, 1.165) is 24.8 Å². The summed E-state index contributed by atoms with van der Waals surface area (Å²) in [6, 6.07) is 1.81. The molecule has 0 aliphatic carbocycles. The summed E-state index contributed by atoms with van der Waals surface area (Å²) in [6.45, 7) is 4.34. The van der Waals surface area contributed by atoms with Gasteiger partial charge in [0.1, 0.15) is 4.21 Å². The second-order valence-electron chi connectivity index (χ2n) is 3.71. The van der Waals surface area contributed by atoms with E-state index in [-0.39, 0.29) is 5.75 Å². The lowest BCUT2D eigenvalue weighted by Gasteiger charge is -1.98. The molecule has 0 fully saturated rings. The molecular weight excluding hydrogens is 242 g/mol. The van der Waals surface area contributed by atoms with Crippen LogP contribution < -0.4 is 5.73 Å². The molecule has 3 nitrogen and oxygen atoms in total. The third-order valence-corrected chi connectivity index (χ3v) is 5.99. The Morgan fingerprint density at radius 2 is 2.00 bits per heavy atom. The van der Waals surface area contributed by atoms with E-state index in [4.69, 9.17) is 5.73 Å². The molecule has 0 radical (unpaired) electrons. The Kier molecular flexibility index (Phi) is 4.95. The van der Waals surface area contributed by atoms with Gasteiger partial charge in [-0.1, -0.05) is 20.3 Å². The molecule has 0 atom stereocenters. The maximum Gasteiger partial charge on any atom is 0.187 e. The molecule has 0 saturated heterocycles. The minimum absolute atomic E-state index is 0.168. The van der Waals surface area contributed by atoms with Crippen LogP contribution in [0.2, 0.25) is 0 Å². The quantitative estimate of drug-likeness (QED) is 0.852. The van der Waals surface area contributed by atoms with Crippen LogP contribution in [0.3, 0.4) is 0 Å². The highest BCUT2D eigenvalue weighted by Crippen LogP contribution is 2.28. The lowest BCUT2D eigenvalue weighted by atomic mass is 10.1. The van der Waals surface area contributed by atoms with Gasteiger partial charge in [-0.25, -0.2) is 8.42 Å². The van der Waals surface area contributed by atoms with Crippen molar-refractivity contribution in [2.45, 2.75) is 37.3 Å². The zero-order chi connectivity index (χ0) is 12.2. The average Bonchev–Trinajstić information content (AvgIpc) is 2.64. The molecule has 0 unspecified atom stereocenters. The van der Waals surface area contributed by atoms with Crippen LogP contribution in [0.1, 0.15) is 30.7 Å². The van der Waals surface area contributed by atoms with Crippen molar-refractivity contribution < 1.29 is 8.42 Å². The smallest absolute Gasteiger partial charge is 0.187 e. The van der Waals surface area contributed by atoms with E-state index in [1.807, 2.05) is 0 Å². The SMILES string of the molecule is CCCc1sc(S(=O)(=O)CC)cc1CCN. The Morgan fingerprint density at radius 3 is 2.50 bits per heavy atom. The van der Waals surface area contributed by atoms with Gasteiger partial charge in [-0.2, -0.15) is 0 Å². The molecule has 0 aliphatic heterocycles. The zero-order valence-electron chi connectivity index (χ0n) is 9.82. The fourth-order valence-corrected chi connectivity index (χ4v) is 4.35. The number of hydrogen-bond acceptors (Lipinski definition) is 4. The normalized spacial score (nSPS) is 11.9. The van der Waals surface area contributed by atoms with Crippen LogP contribution >= 0.6 is 11.3 Å². The first kappa shape index (κ1) is 13.7. The van der Waals surface area contributed by atoms with Crippen molar-refractivity contribution in [3.63, 3.8) is 0 Å². The topological polar surface area (TPSA) is 60.2 Å². The average molecular weight is 261 g/mol. The van der Waals surface area contributed by atoms with Crippen molar-refractivity contribution in [3.05, 3.63) is 16.5 Å². The number of hydrogen-bond donors (Lipinski definition) is 1. The van der Waals surface area contributed by atoms with Gasteiger partial charge in [0.15, 0.2) is 9.84 Å². The Hall–Kier alpha value is -0.390. The van der Waals surface area contributed by atoms with E-state index in [1.165, 1.54) is 16.2 Å². The summed E-state index contributed by atoms with van der Waals surface area (Å²) in [4.78, 5) is 1.18. The molecule has 1 aromatic rings. The fraction of sp³-hybridized carbons (Fsp3) is 0.636. The van der Waals surface area contributed by atoms with Crippen molar-refractivity contribution in [1.82, 2.24) is 0 Å². The second kappa shape index (κ2) is 5.80. The standard InChI is InChI=1S/C11H19NO2S2/c1-3-5-10-9(6-7-12)8-11(15-10)16(13,14)4-2/h8H,3-7,12H2,1-2H3. The molecule has 1 rings (SSSR count). The maximum absolute atomic E-state index is 11.8. The van der Waals surface area contributed by atoms with E-state index in [2.05, 4.69) is 6.92 Å². The van der Waals surface area contributed by atoms with Gasteiger partial charge in [0.2, 0.25) is 0 Å². The summed E-state index contributed by atoms with van der Waals surface area (Å²) in [6.07, 6.45) is 2.74. The molecule has 1 aromatic heterocycles. The van der Waals surface area contributed by atoms with E-state index >= 15 is 0 Å². The predicted molar refractivity (Wildman–Crippen MR) is 68.8 cm³/mol. The summed E-state index contributed by atoms with van der Waals surface area (Å²) in [5.41, 5.74) is 6.64. The Balaban J connectivity index is 3.10. The highest BCUT2D eigenvalue weighted by atomic mass is 32.2. The minimum Gasteiger partial charge on any atom is -0.330 e. The number of rotatable bonds is 6. The van der Waals surface area contributed by atoms with Crippen LogP contribution in [0, 0.1) is 0 Å². The number of nitrogens with two attached hydrogens (primary N) is 1. The number of aryl methyl sites for hydroxylation is 1. The van der Waals surface area contributed by atoms with Gasteiger partial charge in [0.05, 0.1) is 5.75 Å². The molecule has 16 heavy (non-hydrogen) atoms. The molecule has 92 valence electrons. The third-order valence-electron chi connectivity index (χ3n) is 2.45. The second-order valence-corrected chi connectivity index (χ2v) is 7.35. The van der Waals surface area contributed by atoms with Gasteiger partial charge in [-0.3, -0.25) is 0 Å². The van der Waals surface area contributed by atoms with Crippen molar-refractivity contribution in [3.8, 4) is 0 Å². The van der Waals surface area contributed by atoms with Crippen LogP contribution in [0.25, 0.3) is 0 Å². The van der Waals surface area contributed by atoms with E-state index in [0.29, 0.717) is 10.8 Å². The summed E-state index contributed by atoms with van der Waals surface area (Å²) < 4.78 is 24.0. The molecular formula is C11H19NO2S2. The fourth-order valence-electron chi connectivity index (χ4n) is 1.54. The van der Waals surface area contributed by atoms with Gasteiger partial charge in [0.25, 0.3) is 0 Å². The Morgan fingerprint density at radius 1 is 1.31 bits per heavy atom. The van der Waals surface area contributed by atoms with Gasteiger partial charge in [-0.05, 0) is 31.0 Å².